The first-order valence-electron chi connectivity index (χ1n) is 11.0. The summed E-state index contributed by atoms with van der Waals surface area (Å²) in [6, 6.07) is 4.01. The largest absolute Gasteiger partial charge is 0.306 e. The topological polar surface area (TPSA) is 93.8 Å². The van der Waals surface area contributed by atoms with Gasteiger partial charge in [0.15, 0.2) is 0 Å². The van der Waals surface area contributed by atoms with Crippen LogP contribution in [0.3, 0.4) is 0 Å². The Labute approximate surface area is 190 Å². The van der Waals surface area contributed by atoms with Crippen LogP contribution in [0, 0.1) is 0 Å². The number of hydrogen-bond donors (Lipinski definition) is 1. The van der Waals surface area contributed by atoms with Crippen LogP contribution in [0.2, 0.25) is 0 Å². The van der Waals surface area contributed by atoms with E-state index in [0.29, 0.717) is 17.9 Å². The molecule has 4 aromatic heterocycles. The normalized spacial score (nSPS) is 15.2. The molecule has 1 aliphatic heterocycles. The van der Waals surface area contributed by atoms with Crippen LogP contribution in [0.25, 0.3) is 22.0 Å². The highest BCUT2D eigenvalue weighted by Gasteiger charge is 2.22. The Morgan fingerprint density at radius 3 is 2.64 bits per heavy atom. The van der Waals surface area contributed by atoms with Gasteiger partial charge in [0.05, 0.1) is 29.7 Å². The van der Waals surface area contributed by atoms with Gasteiger partial charge >= 0.3 is 0 Å². The minimum atomic E-state index is -0.319. The number of aryl methyl sites for hydroxylation is 1. The van der Waals surface area contributed by atoms with Crippen molar-refractivity contribution in [2.45, 2.75) is 18.9 Å². The van der Waals surface area contributed by atoms with E-state index in [1.165, 1.54) is 0 Å². The van der Waals surface area contributed by atoms with Crippen molar-refractivity contribution in [3.8, 4) is 11.3 Å². The van der Waals surface area contributed by atoms with E-state index < -0.39 is 0 Å². The van der Waals surface area contributed by atoms with Crippen molar-refractivity contribution in [2.75, 3.05) is 31.6 Å². The van der Waals surface area contributed by atoms with Gasteiger partial charge in [-0.3, -0.25) is 19.1 Å². The fraction of sp³-hybridized carbons (Fsp3) is 0.348. The van der Waals surface area contributed by atoms with Gasteiger partial charge in [-0.2, -0.15) is 10.2 Å². The first-order chi connectivity index (χ1) is 16.1. The van der Waals surface area contributed by atoms with E-state index >= 15 is 0 Å². The number of nitrogens with one attached hydrogen (secondary N) is 1. The number of amides is 1. The number of aromatic nitrogens is 6. The number of carbonyl (C=O) groups excluding carboxylic acids is 1. The van der Waals surface area contributed by atoms with E-state index in [1.807, 2.05) is 30.1 Å². The van der Waals surface area contributed by atoms with Gasteiger partial charge in [0.25, 0.3) is 5.91 Å². The molecule has 9 nitrogen and oxygen atoms in total. The number of nitrogens with zero attached hydrogens (tertiary/aromatic N) is 7. The smallest absolute Gasteiger partial charge is 0.260 e. The molecule has 33 heavy (non-hydrogen) atoms. The zero-order valence-electron chi connectivity index (χ0n) is 18.4. The van der Waals surface area contributed by atoms with Crippen LogP contribution in [0.5, 0.6) is 0 Å². The lowest BCUT2D eigenvalue weighted by Gasteiger charge is -2.31. The number of halogens is 1. The summed E-state index contributed by atoms with van der Waals surface area (Å²) in [7, 11) is 1.86. The molecule has 1 saturated heterocycles. The van der Waals surface area contributed by atoms with Gasteiger partial charge < -0.3 is 10.2 Å². The van der Waals surface area contributed by atoms with E-state index in [2.05, 4.69) is 30.4 Å². The Morgan fingerprint density at radius 1 is 1.06 bits per heavy atom. The molecule has 1 aliphatic rings. The average Bonchev–Trinajstić information content (AvgIpc) is 3.49. The molecule has 10 heteroatoms. The molecule has 0 saturated carbocycles. The molecule has 0 atom stereocenters. The molecule has 5 heterocycles. The van der Waals surface area contributed by atoms with Gasteiger partial charge in [-0.1, -0.05) is 0 Å². The van der Waals surface area contributed by atoms with E-state index in [1.54, 1.807) is 35.7 Å². The van der Waals surface area contributed by atoms with Crippen molar-refractivity contribution in [3.63, 3.8) is 0 Å². The summed E-state index contributed by atoms with van der Waals surface area (Å²) >= 11 is 0. The Hall–Kier alpha value is -3.66. The third-order valence-electron chi connectivity index (χ3n) is 6.04. The maximum atomic E-state index is 12.8. The van der Waals surface area contributed by atoms with E-state index in [-0.39, 0.29) is 18.6 Å². The fourth-order valence-electron chi connectivity index (χ4n) is 4.19. The number of pyridine rings is 2. The zero-order valence-corrected chi connectivity index (χ0v) is 18.4. The molecular formula is C23H25FN8O. The summed E-state index contributed by atoms with van der Waals surface area (Å²) in [4.78, 5) is 23.7. The highest BCUT2D eigenvalue weighted by Crippen LogP contribution is 2.24. The molecule has 0 aromatic carbocycles. The maximum Gasteiger partial charge on any atom is 0.260 e. The average molecular weight is 449 g/mol. The third-order valence-corrected chi connectivity index (χ3v) is 6.04. The molecule has 1 fully saturated rings. The molecule has 0 aliphatic carbocycles. The number of fused-ring (bicyclic) bond motifs is 1. The van der Waals surface area contributed by atoms with Crippen LogP contribution >= 0.6 is 0 Å². The summed E-state index contributed by atoms with van der Waals surface area (Å²) in [5.74, 6) is 0.202. The van der Waals surface area contributed by atoms with Crippen molar-refractivity contribution in [1.29, 1.82) is 0 Å². The third kappa shape index (κ3) is 4.61. The van der Waals surface area contributed by atoms with Gasteiger partial charge in [0, 0.05) is 62.4 Å². The van der Waals surface area contributed by atoms with E-state index in [9.17, 15) is 9.18 Å². The van der Waals surface area contributed by atoms with Crippen LogP contribution in [-0.4, -0.2) is 66.6 Å². The second-order valence-corrected chi connectivity index (χ2v) is 8.31. The van der Waals surface area contributed by atoms with Crippen LogP contribution in [0.15, 0.2) is 49.3 Å². The first kappa shape index (κ1) is 21.2. The lowest BCUT2D eigenvalue weighted by atomic mass is 10.1. The van der Waals surface area contributed by atoms with Crippen LogP contribution in [0.1, 0.15) is 29.2 Å². The Bertz CT molecular complexity index is 1270. The van der Waals surface area contributed by atoms with Crippen LogP contribution in [-0.2, 0) is 7.05 Å². The SMILES string of the molecule is Cn1cc(-c2cc3cc(NC(=O)c4cnn(C5CCN(CCF)CC5)c4)ncc3cn2)cn1. The molecular weight excluding hydrogens is 423 g/mol. The first-order valence-corrected chi connectivity index (χ1v) is 11.0. The quantitative estimate of drug-likeness (QED) is 0.487. The molecule has 5 rings (SSSR count). The second kappa shape index (κ2) is 9.07. The summed E-state index contributed by atoms with van der Waals surface area (Å²) < 4.78 is 16.1. The number of likely N-dealkylation sites (tertiary alicyclic amines) is 1. The Kier molecular flexibility index (Phi) is 5.82. The van der Waals surface area contributed by atoms with Crippen molar-refractivity contribution in [1.82, 2.24) is 34.4 Å². The van der Waals surface area contributed by atoms with Gasteiger partial charge in [-0.25, -0.2) is 9.37 Å². The van der Waals surface area contributed by atoms with E-state index in [0.717, 1.165) is 48.0 Å². The van der Waals surface area contributed by atoms with Crippen molar-refractivity contribution >= 4 is 22.5 Å². The lowest BCUT2D eigenvalue weighted by molar-refractivity contribution is 0.102. The highest BCUT2D eigenvalue weighted by molar-refractivity contribution is 6.04. The molecule has 1 N–H and O–H groups in total. The van der Waals surface area contributed by atoms with Crippen molar-refractivity contribution < 1.29 is 9.18 Å². The molecule has 0 spiro atoms. The van der Waals surface area contributed by atoms with Gasteiger partial charge in [-0.05, 0) is 30.4 Å². The van der Waals surface area contributed by atoms with Crippen LogP contribution in [0.4, 0.5) is 10.2 Å². The monoisotopic (exact) mass is 448 g/mol. The Balaban J connectivity index is 1.28. The molecule has 0 radical (unpaired) electrons. The number of alkyl halides is 1. The fourth-order valence-corrected chi connectivity index (χ4v) is 4.19. The van der Waals surface area contributed by atoms with Gasteiger partial charge in [0.1, 0.15) is 12.5 Å². The number of piperidine rings is 1. The highest BCUT2D eigenvalue weighted by atomic mass is 19.1. The second-order valence-electron chi connectivity index (χ2n) is 8.31. The number of rotatable bonds is 6. The summed E-state index contributed by atoms with van der Waals surface area (Å²) in [6.07, 6.45) is 12.3. The molecule has 1 amide bonds. The minimum Gasteiger partial charge on any atom is -0.306 e. The lowest BCUT2D eigenvalue weighted by Crippen LogP contribution is -2.36. The van der Waals surface area contributed by atoms with Gasteiger partial charge in [0.2, 0.25) is 0 Å². The zero-order chi connectivity index (χ0) is 22.8. The molecule has 0 bridgehead atoms. The molecule has 0 unspecified atom stereocenters. The van der Waals surface area contributed by atoms with Crippen molar-refractivity contribution in [3.05, 3.63) is 54.9 Å². The van der Waals surface area contributed by atoms with E-state index in [4.69, 9.17) is 0 Å². The van der Waals surface area contributed by atoms with Crippen LogP contribution < -0.4 is 5.32 Å². The maximum absolute atomic E-state index is 12.8. The van der Waals surface area contributed by atoms with Crippen molar-refractivity contribution in [2.24, 2.45) is 7.05 Å². The number of anilines is 1. The molecule has 170 valence electrons. The Morgan fingerprint density at radius 2 is 1.88 bits per heavy atom. The van der Waals surface area contributed by atoms with Gasteiger partial charge in [-0.15, -0.1) is 0 Å². The predicted octanol–water partition coefficient (Wildman–Crippen LogP) is 3.09. The standard InChI is InChI=1S/C23H25FN8O/c1-30-14-18(12-27-30)21-8-16-9-22(26-11-17(16)10-25-21)29-23(33)19-13-28-32(15-19)20-2-5-31(6-3-20)7-4-24/h8-15,20H,2-7H2,1H3,(H,26,29,33). The molecule has 4 aromatic rings. The summed E-state index contributed by atoms with van der Waals surface area (Å²) in [6.45, 7) is 1.85. The minimum absolute atomic E-state index is 0.222. The predicted molar refractivity (Wildman–Crippen MR) is 123 cm³/mol. The number of carbonyl (C=O) groups is 1. The summed E-state index contributed by atoms with van der Waals surface area (Å²) in [5, 5.41) is 13.3. The number of hydrogen-bond acceptors (Lipinski definition) is 6. The summed E-state index contributed by atoms with van der Waals surface area (Å²) in [5.41, 5.74) is 2.21.